The number of aromatic nitrogens is 3. The van der Waals surface area contributed by atoms with E-state index < -0.39 is 0 Å². The van der Waals surface area contributed by atoms with Crippen molar-refractivity contribution in [1.29, 1.82) is 0 Å². The number of hydrogen-bond donors (Lipinski definition) is 2. The number of amides is 2. The number of hydrogen-bond acceptors (Lipinski definition) is 6. The molecule has 0 radical (unpaired) electrons. The first-order valence-corrected chi connectivity index (χ1v) is 9.96. The van der Waals surface area contributed by atoms with Gasteiger partial charge in [-0.1, -0.05) is 32.1 Å². The van der Waals surface area contributed by atoms with Crippen LogP contribution in [0.3, 0.4) is 0 Å². The molecule has 2 aromatic rings. The first kappa shape index (κ1) is 21.2. The van der Waals surface area contributed by atoms with E-state index in [2.05, 4.69) is 46.4 Å². The number of anilines is 1. The number of aryl methyl sites for hydroxylation is 1. The summed E-state index contributed by atoms with van der Waals surface area (Å²) >= 11 is 1.41. The van der Waals surface area contributed by atoms with Gasteiger partial charge in [0.1, 0.15) is 5.82 Å². The first-order valence-electron chi connectivity index (χ1n) is 9.14. The van der Waals surface area contributed by atoms with Gasteiger partial charge in [0, 0.05) is 24.8 Å². The van der Waals surface area contributed by atoms with Gasteiger partial charge < -0.3 is 10.1 Å². The number of carbonyl (C=O) groups is 1. The molecule has 0 aliphatic rings. The van der Waals surface area contributed by atoms with Crippen LogP contribution in [0.15, 0.2) is 12.3 Å². The molecule has 27 heavy (non-hydrogen) atoms. The van der Waals surface area contributed by atoms with Crippen LogP contribution < -0.4 is 10.6 Å². The lowest BCUT2D eigenvalue weighted by Gasteiger charge is -2.16. The molecule has 0 bridgehead atoms. The van der Waals surface area contributed by atoms with Crippen LogP contribution in [0.1, 0.15) is 52.6 Å². The van der Waals surface area contributed by atoms with Crippen LogP contribution in [-0.2, 0) is 10.2 Å². The zero-order chi connectivity index (χ0) is 20.0. The summed E-state index contributed by atoms with van der Waals surface area (Å²) in [5.41, 5.74) is 1.53. The molecule has 0 aromatic carbocycles. The molecule has 2 amide bonds. The Hall–Kier alpha value is -2.06. The van der Waals surface area contributed by atoms with Crippen LogP contribution in [0, 0.1) is 6.92 Å². The van der Waals surface area contributed by atoms with Crippen molar-refractivity contribution in [2.75, 3.05) is 18.5 Å². The smallest absolute Gasteiger partial charge is 0.321 e. The highest BCUT2D eigenvalue weighted by molar-refractivity contribution is 7.19. The van der Waals surface area contributed by atoms with E-state index in [-0.39, 0.29) is 17.6 Å². The lowest BCUT2D eigenvalue weighted by Crippen LogP contribution is -2.30. The summed E-state index contributed by atoms with van der Waals surface area (Å²) < 4.78 is 5.45. The predicted octanol–water partition coefficient (Wildman–Crippen LogP) is 4.14. The Kier molecular flexibility index (Phi) is 7.26. The van der Waals surface area contributed by atoms with Crippen molar-refractivity contribution < 1.29 is 9.53 Å². The van der Waals surface area contributed by atoms with Crippen molar-refractivity contribution in [1.82, 2.24) is 20.3 Å². The molecular formula is C19H29N5O2S. The molecule has 7 nitrogen and oxygen atoms in total. The quantitative estimate of drug-likeness (QED) is 0.692. The van der Waals surface area contributed by atoms with Gasteiger partial charge in [-0.3, -0.25) is 5.32 Å². The highest BCUT2D eigenvalue weighted by Gasteiger charge is 2.19. The first-order chi connectivity index (χ1) is 12.7. The zero-order valence-corrected chi connectivity index (χ0v) is 17.7. The second kappa shape index (κ2) is 9.23. The largest absolute Gasteiger partial charge is 0.379 e. The summed E-state index contributed by atoms with van der Waals surface area (Å²) in [6.45, 7) is 13.3. The predicted molar refractivity (Wildman–Crippen MR) is 109 cm³/mol. The molecule has 0 unspecified atom stereocenters. The molecule has 2 rings (SSSR count). The van der Waals surface area contributed by atoms with Crippen molar-refractivity contribution in [3.05, 3.63) is 23.8 Å². The van der Waals surface area contributed by atoms with Gasteiger partial charge in [0.25, 0.3) is 0 Å². The van der Waals surface area contributed by atoms with Crippen molar-refractivity contribution in [2.24, 2.45) is 0 Å². The molecule has 0 fully saturated rings. The molecule has 0 spiro atoms. The van der Waals surface area contributed by atoms with Crippen molar-refractivity contribution in [2.45, 2.75) is 59.5 Å². The third kappa shape index (κ3) is 6.55. The minimum absolute atomic E-state index is 0.130. The second-order valence-corrected chi connectivity index (χ2v) is 8.60. The van der Waals surface area contributed by atoms with Gasteiger partial charge in [-0.15, -0.1) is 0 Å². The molecule has 2 heterocycles. The number of rotatable bonds is 7. The van der Waals surface area contributed by atoms with Gasteiger partial charge in [-0.25, -0.2) is 19.7 Å². The van der Waals surface area contributed by atoms with Gasteiger partial charge in [0.2, 0.25) is 0 Å². The molecule has 0 atom stereocenters. The summed E-state index contributed by atoms with van der Waals surface area (Å²) in [7, 11) is 0. The standard InChI is InChI=1S/C19H29N5O2S/c1-12(2)26-11-7-9-21-17(25)24-18-22-13(3)15(27-18)14-8-10-20-16(23-14)19(4,5)6/h8,10,12H,7,9,11H2,1-6H3,(H2,21,22,24,25). The van der Waals surface area contributed by atoms with Crippen LogP contribution in [0.2, 0.25) is 0 Å². The molecule has 8 heteroatoms. The SMILES string of the molecule is Cc1nc(NC(=O)NCCCOC(C)C)sc1-c1ccnc(C(C)(C)C)n1. The van der Waals surface area contributed by atoms with Crippen LogP contribution >= 0.6 is 11.3 Å². The van der Waals surface area contributed by atoms with Crippen molar-refractivity contribution in [3.8, 4) is 10.6 Å². The summed E-state index contributed by atoms with van der Waals surface area (Å²) in [6, 6.07) is 1.60. The van der Waals surface area contributed by atoms with Crippen molar-refractivity contribution >= 4 is 22.5 Å². The van der Waals surface area contributed by atoms with E-state index in [1.54, 1.807) is 6.20 Å². The topological polar surface area (TPSA) is 89.0 Å². The summed E-state index contributed by atoms with van der Waals surface area (Å²) in [5.74, 6) is 0.781. The molecule has 0 aliphatic heterocycles. The number of ether oxygens (including phenoxy) is 1. The Labute approximate surface area is 165 Å². The van der Waals surface area contributed by atoms with Crippen LogP contribution in [0.4, 0.5) is 9.93 Å². The third-order valence-corrected chi connectivity index (χ3v) is 4.73. The van der Waals surface area contributed by atoms with E-state index in [0.717, 1.165) is 28.5 Å². The number of carbonyl (C=O) groups excluding carboxylic acids is 1. The molecule has 2 aromatic heterocycles. The monoisotopic (exact) mass is 391 g/mol. The van der Waals surface area contributed by atoms with Crippen LogP contribution in [-0.4, -0.2) is 40.2 Å². The normalized spacial score (nSPS) is 11.7. The fourth-order valence-electron chi connectivity index (χ4n) is 2.27. The average molecular weight is 392 g/mol. The summed E-state index contributed by atoms with van der Waals surface area (Å²) in [4.78, 5) is 26.4. The highest BCUT2D eigenvalue weighted by atomic mass is 32.1. The lowest BCUT2D eigenvalue weighted by atomic mass is 9.95. The maximum atomic E-state index is 12.0. The lowest BCUT2D eigenvalue weighted by molar-refractivity contribution is 0.0775. The Bertz CT molecular complexity index is 768. The minimum atomic E-state index is -0.266. The van der Waals surface area contributed by atoms with E-state index in [1.807, 2.05) is 26.8 Å². The number of nitrogens with zero attached hydrogens (tertiary/aromatic N) is 3. The van der Waals surface area contributed by atoms with E-state index in [0.29, 0.717) is 18.3 Å². The molecule has 2 N–H and O–H groups in total. The molecule has 0 aliphatic carbocycles. The Morgan fingerprint density at radius 2 is 2.04 bits per heavy atom. The highest BCUT2D eigenvalue weighted by Crippen LogP contribution is 2.32. The minimum Gasteiger partial charge on any atom is -0.379 e. The zero-order valence-electron chi connectivity index (χ0n) is 16.9. The van der Waals surface area contributed by atoms with E-state index in [4.69, 9.17) is 4.74 Å². The fourth-order valence-corrected chi connectivity index (χ4v) is 3.20. The maximum Gasteiger partial charge on any atom is 0.321 e. The molecule has 0 saturated heterocycles. The van der Waals surface area contributed by atoms with Crippen molar-refractivity contribution in [3.63, 3.8) is 0 Å². The molecular weight excluding hydrogens is 362 g/mol. The Morgan fingerprint density at radius 3 is 2.70 bits per heavy atom. The van der Waals surface area contributed by atoms with Gasteiger partial charge in [-0.2, -0.15) is 0 Å². The van der Waals surface area contributed by atoms with Gasteiger partial charge >= 0.3 is 6.03 Å². The van der Waals surface area contributed by atoms with Crippen LogP contribution in [0.25, 0.3) is 10.6 Å². The molecule has 0 saturated carbocycles. The summed E-state index contributed by atoms with van der Waals surface area (Å²) in [6.07, 6.45) is 2.74. The fraction of sp³-hybridized carbons (Fsp3) is 0.579. The number of nitrogens with one attached hydrogen (secondary N) is 2. The third-order valence-electron chi connectivity index (χ3n) is 3.63. The Morgan fingerprint density at radius 1 is 1.30 bits per heavy atom. The van der Waals surface area contributed by atoms with Crippen LogP contribution in [0.5, 0.6) is 0 Å². The molecule has 148 valence electrons. The second-order valence-electron chi connectivity index (χ2n) is 7.60. The number of urea groups is 1. The summed E-state index contributed by atoms with van der Waals surface area (Å²) in [5, 5.41) is 6.15. The van der Waals surface area contributed by atoms with E-state index in [1.165, 1.54) is 11.3 Å². The Balaban J connectivity index is 1.97. The van der Waals surface area contributed by atoms with Gasteiger partial charge in [0.05, 0.1) is 22.4 Å². The van der Waals surface area contributed by atoms with E-state index >= 15 is 0 Å². The van der Waals surface area contributed by atoms with Gasteiger partial charge in [-0.05, 0) is 33.3 Å². The number of thiazole rings is 1. The van der Waals surface area contributed by atoms with Gasteiger partial charge in [0.15, 0.2) is 5.13 Å². The van der Waals surface area contributed by atoms with E-state index in [9.17, 15) is 4.79 Å². The maximum absolute atomic E-state index is 12.0. The average Bonchev–Trinajstić information content (AvgIpc) is 2.94.